The quantitative estimate of drug-likeness (QED) is 0.877. The maximum absolute atomic E-state index is 13.9. The Morgan fingerprint density at radius 2 is 1.90 bits per heavy atom. The first kappa shape index (κ1) is 17.6. The molecule has 1 rings (SSSR count). The van der Waals surface area contributed by atoms with Gasteiger partial charge in [0.1, 0.15) is 11.6 Å². The summed E-state index contributed by atoms with van der Waals surface area (Å²) in [5.41, 5.74) is 5.62. The molecule has 1 aromatic rings. The van der Waals surface area contributed by atoms with E-state index >= 15 is 0 Å². The van der Waals surface area contributed by atoms with Crippen LogP contribution in [0.1, 0.15) is 43.1 Å². The van der Waals surface area contributed by atoms with Crippen LogP contribution in [-0.2, 0) is 0 Å². The summed E-state index contributed by atoms with van der Waals surface area (Å²) < 4.78 is 27.2. The van der Waals surface area contributed by atoms with E-state index in [0.29, 0.717) is 19.6 Å². The molecule has 2 N–H and O–H groups in total. The maximum Gasteiger partial charge on any atom is 0.256 e. The van der Waals surface area contributed by atoms with Gasteiger partial charge in [0.15, 0.2) is 0 Å². The van der Waals surface area contributed by atoms with Crippen LogP contribution >= 0.6 is 0 Å². The summed E-state index contributed by atoms with van der Waals surface area (Å²) in [7, 11) is 0. The lowest BCUT2D eigenvalue weighted by Gasteiger charge is -2.32. The van der Waals surface area contributed by atoms with Crippen molar-refractivity contribution in [3.05, 3.63) is 34.9 Å². The van der Waals surface area contributed by atoms with Gasteiger partial charge < -0.3 is 10.6 Å². The molecule has 118 valence electrons. The van der Waals surface area contributed by atoms with E-state index < -0.39 is 17.5 Å². The molecule has 0 aromatic heterocycles. The van der Waals surface area contributed by atoms with Crippen LogP contribution in [0, 0.1) is 24.0 Å². The van der Waals surface area contributed by atoms with Gasteiger partial charge in [0.25, 0.3) is 5.91 Å². The van der Waals surface area contributed by atoms with Gasteiger partial charge in [-0.15, -0.1) is 0 Å². The Morgan fingerprint density at radius 1 is 1.29 bits per heavy atom. The second-order valence-corrected chi connectivity index (χ2v) is 6.18. The van der Waals surface area contributed by atoms with Crippen molar-refractivity contribution in [1.29, 1.82) is 0 Å². The summed E-state index contributed by atoms with van der Waals surface area (Å²) in [6, 6.07) is 2.03. The minimum atomic E-state index is -0.824. The molecule has 0 aliphatic carbocycles. The molecule has 3 nitrogen and oxygen atoms in total. The maximum atomic E-state index is 13.9. The number of nitrogens with two attached hydrogens (primary N) is 1. The summed E-state index contributed by atoms with van der Waals surface area (Å²) in [4.78, 5) is 14.1. The summed E-state index contributed by atoms with van der Waals surface area (Å²) in [6.45, 7) is 8.74. The molecule has 1 amide bonds. The van der Waals surface area contributed by atoms with Gasteiger partial charge >= 0.3 is 0 Å². The minimum Gasteiger partial charge on any atom is -0.338 e. The number of carbonyl (C=O) groups is 1. The smallest absolute Gasteiger partial charge is 0.256 e. The van der Waals surface area contributed by atoms with E-state index in [1.165, 1.54) is 13.0 Å². The number of nitrogens with zero attached hydrogens (tertiary/aromatic N) is 1. The summed E-state index contributed by atoms with van der Waals surface area (Å²) in [5.74, 6) is -1.89. The largest absolute Gasteiger partial charge is 0.338 e. The van der Waals surface area contributed by atoms with Gasteiger partial charge in [-0.1, -0.05) is 20.8 Å². The van der Waals surface area contributed by atoms with Gasteiger partial charge in [-0.25, -0.2) is 8.78 Å². The molecule has 1 aromatic carbocycles. The van der Waals surface area contributed by atoms with Crippen LogP contribution in [0.25, 0.3) is 0 Å². The molecule has 0 radical (unpaired) electrons. The average Bonchev–Trinajstić information content (AvgIpc) is 2.41. The van der Waals surface area contributed by atoms with Crippen molar-refractivity contribution in [3.8, 4) is 0 Å². The second-order valence-electron chi connectivity index (χ2n) is 6.18. The lowest BCUT2D eigenvalue weighted by molar-refractivity contribution is 0.0684. The highest BCUT2D eigenvalue weighted by atomic mass is 19.1. The van der Waals surface area contributed by atoms with Crippen molar-refractivity contribution in [2.24, 2.45) is 11.1 Å². The van der Waals surface area contributed by atoms with E-state index in [0.717, 1.165) is 12.5 Å². The van der Waals surface area contributed by atoms with E-state index in [2.05, 4.69) is 0 Å². The van der Waals surface area contributed by atoms with E-state index in [-0.39, 0.29) is 16.5 Å². The minimum absolute atomic E-state index is 0.0878. The molecular weight excluding hydrogens is 274 g/mol. The first-order chi connectivity index (χ1) is 9.71. The van der Waals surface area contributed by atoms with E-state index in [1.54, 1.807) is 4.90 Å². The van der Waals surface area contributed by atoms with Gasteiger partial charge in [0.2, 0.25) is 0 Å². The molecule has 0 bridgehead atoms. The topological polar surface area (TPSA) is 46.3 Å². The number of benzene rings is 1. The Kier molecular flexibility index (Phi) is 5.84. The molecule has 0 heterocycles. The van der Waals surface area contributed by atoms with E-state index in [4.69, 9.17) is 5.73 Å². The number of halogens is 2. The summed E-state index contributed by atoms with van der Waals surface area (Å²) in [6.07, 6.45) is 0.758. The molecule has 0 atom stereocenters. The van der Waals surface area contributed by atoms with Crippen molar-refractivity contribution in [2.75, 3.05) is 19.6 Å². The first-order valence-corrected chi connectivity index (χ1v) is 7.17. The van der Waals surface area contributed by atoms with Crippen LogP contribution in [0.15, 0.2) is 12.1 Å². The van der Waals surface area contributed by atoms with Crippen LogP contribution in [-0.4, -0.2) is 30.4 Å². The fourth-order valence-corrected chi connectivity index (χ4v) is 2.10. The van der Waals surface area contributed by atoms with E-state index in [9.17, 15) is 13.6 Å². The number of rotatable bonds is 6. The number of amides is 1. The molecule has 0 unspecified atom stereocenters. The fourth-order valence-electron chi connectivity index (χ4n) is 2.10. The number of aryl methyl sites for hydroxylation is 1. The molecule has 0 saturated carbocycles. The normalized spacial score (nSPS) is 11.6. The van der Waals surface area contributed by atoms with Crippen LogP contribution in [0.5, 0.6) is 0 Å². The van der Waals surface area contributed by atoms with Gasteiger partial charge in [-0.3, -0.25) is 4.79 Å². The van der Waals surface area contributed by atoms with Crippen molar-refractivity contribution in [2.45, 2.75) is 34.1 Å². The number of hydrogen-bond acceptors (Lipinski definition) is 2. The molecule has 0 spiro atoms. The highest BCUT2D eigenvalue weighted by molar-refractivity contribution is 5.94. The summed E-state index contributed by atoms with van der Waals surface area (Å²) in [5, 5.41) is 0. The fraction of sp³-hybridized carbons (Fsp3) is 0.562. The summed E-state index contributed by atoms with van der Waals surface area (Å²) >= 11 is 0. The third kappa shape index (κ3) is 4.49. The Morgan fingerprint density at radius 3 is 2.43 bits per heavy atom. The standard InChI is InChI=1S/C16H24F2N2O/c1-5-6-20(10-16(3,4)9-19)15(21)12-7-11(2)13(17)8-14(12)18/h7-8H,5-6,9-10,19H2,1-4H3. The van der Waals surface area contributed by atoms with Gasteiger partial charge in [-0.05, 0) is 36.9 Å². The zero-order chi connectivity index (χ0) is 16.2. The van der Waals surface area contributed by atoms with Gasteiger partial charge in [-0.2, -0.15) is 0 Å². The van der Waals surface area contributed by atoms with Crippen molar-refractivity contribution in [1.82, 2.24) is 4.90 Å². The third-order valence-electron chi connectivity index (χ3n) is 3.43. The zero-order valence-electron chi connectivity index (χ0n) is 13.2. The molecule has 0 aliphatic rings. The molecule has 0 aliphatic heterocycles. The number of carbonyl (C=O) groups excluding carboxylic acids is 1. The highest BCUT2D eigenvalue weighted by Gasteiger charge is 2.26. The molecule has 21 heavy (non-hydrogen) atoms. The Balaban J connectivity index is 3.09. The number of hydrogen-bond donors (Lipinski definition) is 1. The average molecular weight is 298 g/mol. The zero-order valence-corrected chi connectivity index (χ0v) is 13.2. The van der Waals surface area contributed by atoms with Crippen LogP contribution in [0.2, 0.25) is 0 Å². The van der Waals surface area contributed by atoms with Gasteiger partial charge in [0.05, 0.1) is 5.56 Å². The predicted octanol–water partition coefficient (Wildman–Crippen LogP) is 3.11. The SMILES string of the molecule is CCCN(CC(C)(C)CN)C(=O)c1cc(C)c(F)cc1F. The second kappa shape index (κ2) is 6.98. The van der Waals surface area contributed by atoms with Crippen molar-refractivity contribution in [3.63, 3.8) is 0 Å². The van der Waals surface area contributed by atoms with Crippen LogP contribution < -0.4 is 5.73 Å². The lowest BCUT2D eigenvalue weighted by Crippen LogP contribution is -2.42. The molecule has 0 saturated heterocycles. The van der Waals surface area contributed by atoms with Gasteiger partial charge in [0, 0.05) is 19.2 Å². The highest BCUT2D eigenvalue weighted by Crippen LogP contribution is 2.20. The van der Waals surface area contributed by atoms with Crippen LogP contribution in [0.3, 0.4) is 0 Å². The molecule has 5 heteroatoms. The molecule has 0 fully saturated rings. The van der Waals surface area contributed by atoms with Crippen molar-refractivity contribution >= 4 is 5.91 Å². The Bertz CT molecular complexity index is 515. The van der Waals surface area contributed by atoms with Crippen LogP contribution in [0.4, 0.5) is 8.78 Å². The Labute approximate surface area is 125 Å². The Hall–Kier alpha value is -1.49. The molecular formula is C16H24F2N2O. The lowest BCUT2D eigenvalue weighted by atomic mass is 9.92. The predicted molar refractivity (Wildman–Crippen MR) is 80.1 cm³/mol. The monoisotopic (exact) mass is 298 g/mol. The third-order valence-corrected chi connectivity index (χ3v) is 3.43. The van der Waals surface area contributed by atoms with Crippen molar-refractivity contribution < 1.29 is 13.6 Å². The van der Waals surface area contributed by atoms with E-state index in [1.807, 2.05) is 20.8 Å². The first-order valence-electron chi connectivity index (χ1n) is 7.17.